The molecular formula is C11H22N2O. The van der Waals surface area contributed by atoms with Crippen LogP contribution in [-0.4, -0.2) is 25.0 Å². The van der Waals surface area contributed by atoms with Gasteiger partial charge in [-0.2, -0.15) is 0 Å². The van der Waals surface area contributed by atoms with E-state index in [2.05, 4.69) is 24.5 Å². The lowest BCUT2D eigenvalue weighted by atomic mass is 10.1. The predicted octanol–water partition coefficient (Wildman–Crippen LogP) is 1.29. The van der Waals surface area contributed by atoms with Crippen LogP contribution in [-0.2, 0) is 4.79 Å². The van der Waals surface area contributed by atoms with Crippen molar-refractivity contribution in [3.63, 3.8) is 0 Å². The summed E-state index contributed by atoms with van der Waals surface area (Å²) in [6.45, 7) is 6.33. The first-order valence-electron chi connectivity index (χ1n) is 5.68. The van der Waals surface area contributed by atoms with Crippen molar-refractivity contribution in [2.75, 3.05) is 13.1 Å². The molecule has 14 heavy (non-hydrogen) atoms. The molecule has 0 unspecified atom stereocenters. The predicted molar refractivity (Wildman–Crippen MR) is 58.1 cm³/mol. The Kier molecular flexibility index (Phi) is 4.94. The molecule has 0 bridgehead atoms. The number of amides is 1. The molecular weight excluding hydrogens is 176 g/mol. The third kappa shape index (κ3) is 4.61. The standard InChI is InChI=1S/C11H22N2O/c1-9(2)5-6-11(14)13-10-4-3-7-12-8-10/h9-10,12H,3-8H2,1-2H3,(H,13,14)/t10-/m1/s1. The highest BCUT2D eigenvalue weighted by Gasteiger charge is 2.14. The molecule has 0 saturated carbocycles. The van der Waals surface area contributed by atoms with Gasteiger partial charge in [0.15, 0.2) is 0 Å². The van der Waals surface area contributed by atoms with Crippen molar-refractivity contribution >= 4 is 5.91 Å². The van der Waals surface area contributed by atoms with E-state index in [4.69, 9.17) is 0 Å². The van der Waals surface area contributed by atoms with E-state index in [0.717, 1.165) is 25.9 Å². The largest absolute Gasteiger partial charge is 0.352 e. The van der Waals surface area contributed by atoms with Crippen molar-refractivity contribution in [1.82, 2.24) is 10.6 Å². The fourth-order valence-electron chi connectivity index (χ4n) is 1.69. The molecule has 2 N–H and O–H groups in total. The van der Waals surface area contributed by atoms with Gasteiger partial charge in [-0.15, -0.1) is 0 Å². The Labute approximate surface area is 86.6 Å². The van der Waals surface area contributed by atoms with E-state index in [1.807, 2.05) is 0 Å². The number of nitrogens with one attached hydrogen (secondary N) is 2. The number of piperidine rings is 1. The molecule has 3 nitrogen and oxygen atoms in total. The molecule has 0 aromatic rings. The van der Waals surface area contributed by atoms with Gasteiger partial charge in [0.05, 0.1) is 0 Å². The summed E-state index contributed by atoms with van der Waals surface area (Å²) in [6, 6.07) is 0.364. The molecule has 0 spiro atoms. The number of rotatable bonds is 4. The molecule has 82 valence electrons. The molecule has 1 saturated heterocycles. The van der Waals surface area contributed by atoms with Gasteiger partial charge in [-0.25, -0.2) is 0 Å². The highest BCUT2D eigenvalue weighted by molar-refractivity contribution is 5.76. The normalized spacial score (nSPS) is 22.4. The zero-order chi connectivity index (χ0) is 10.4. The van der Waals surface area contributed by atoms with E-state index in [0.29, 0.717) is 18.4 Å². The quantitative estimate of drug-likeness (QED) is 0.714. The second-order valence-electron chi connectivity index (χ2n) is 4.54. The van der Waals surface area contributed by atoms with E-state index in [1.165, 1.54) is 6.42 Å². The molecule has 1 heterocycles. The molecule has 1 aliphatic heterocycles. The van der Waals surface area contributed by atoms with Gasteiger partial charge in [0.25, 0.3) is 0 Å². The van der Waals surface area contributed by atoms with Gasteiger partial charge in [-0.3, -0.25) is 4.79 Å². The van der Waals surface area contributed by atoms with Crippen LogP contribution >= 0.6 is 0 Å². The SMILES string of the molecule is CC(C)CCC(=O)N[C@@H]1CCCNC1. The average molecular weight is 198 g/mol. The minimum atomic E-state index is 0.215. The van der Waals surface area contributed by atoms with Gasteiger partial charge in [0, 0.05) is 19.0 Å². The van der Waals surface area contributed by atoms with Crippen LogP contribution in [0.1, 0.15) is 39.5 Å². The lowest BCUT2D eigenvalue weighted by molar-refractivity contribution is -0.122. The molecule has 1 atom stereocenters. The Morgan fingerprint density at radius 3 is 2.93 bits per heavy atom. The van der Waals surface area contributed by atoms with Crippen LogP contribution in [0.25, 0.3) is 0 Å². The second-order valence-corrected chi connectivity index (χ2v) is 4.54. The van der Waals surface area contributed by atoms with Gasteiger partial charge in [0.2, 0.25) is 5.91 Å². The molecule has 0 radical (unpaired) electrons. The maximum atomic E-state index is 11.5. The Balaban J connectivity index is 2.12. The summed E-state index contributed by atoms with van der Waals surface area (Å²) in [5, 5.41) is 6.36. The third-order valence-electron chi connectivity index (χ3n) is 2.61. The van der Waals surface area contributed by atoms with Gasteiger partial charge in [-0.1, -0.05) is 13.8 Å². The molecule has 1 rings (SSSR count). The fourth-order valence-corrected chi connectivity index (χ4v) is 1.69. The summed E-state index contributed by atoms with van der Waals surface area (Å²) in [6.07, 6.45) is 3.97. The van der Waals surface area contributed by atoms with Crippen LogP contribution in [0.3, 0.4) is 0 Å². The number of hydrogen-bond donors (Lipinski definition) is 2. The van der Waals surface area contributed by atoms with Gasteiger partial charge < -0.3 is 10.6 Å². The van der Waals surface area contributed by atoms with E-state index in [1.54, 1.807) is 0 Å². The van der Waals surface area contributed by atoms with Crippen molar-refractivity contribution in [3.05, 3.63) is 0 Å². The van der Waals surface area contributed by atoms with Crippen molar-refractivity contribution in [2.24, 2.45) is 5.92 Å². The first kappa shape index (κ1) is 11.5. The van der Waals surface area contributed by atoms with Crippen molar-refractivity contribution in [1.29, 1.82) is 0 Å². The van der Waals surface area contributed by atoms with E-state index < -0.39 is 0 Å². The summed E-state index contributed by atoms with van der Waals surface area (Å²) in [7, 11) is 0. The molecule has 3 heteroatoms. The Morgan fingerprint density at radius 1 is 1.57 bits per heavy atom. The summed E-state index contributed by atoms with van der Waals surface area (Å²) < 4.78 is 0. The van der Waals surface area contributed by atoms with Gasteiger partial charge in [0.1, 0.15) is 0 Å². The minimum absolute atomic E-state index is 0.215. The van der Waals surface area contributed by atoms with Crippen molar-refractivity contribution in [3.8, 4) is 0 Å². The van der Waals surface area contributed by atoms with Crippen LogP contribution in [0.5, 0.6) is 0 Å². The van der Waals surface area contributed by atoms with Crippen LogP contribution in [0.4, 0.5) is 0 Å². The maximum absolute atomic E-state index is 11.5. The summed E-state index contributed by atoms with van der Waals surface area (Å²) in [5.41, 5.74) is 0. The average Bonchev–Trinajstić information content (AvgIpc) is 2.16. The molecule has 0 aromatic heterocycles. The van der Waals surface area contributed by atoms with Crippen molar-refractivity contribution < 1.29 is 4.79 Å². The number of carbonyl (C=O) groups is 1. The third-order valence-corrected chi connectivity index (χ3v) is 2.61. The lowest BCUT2D eigenvalue weighted by Crippen LogP contribution is -2.45. The maximum Gasteiger partial charge on any atom is 0.220 e. The first-order valence-corrected chi connectivity index (χ1v) is 5.68. The molecule has 0 aromatic carbocycles. The summed E-state index contributed by atoms with van der Waals surface area (Å²) >= 11 is 0. The summed E-state index contributed by atoms with van der Waals surface area (Å²) in [5.74, 6) is 0.831. The van der Waals surface area contributed by atoms with E-state index >= 15 is 0 Å². The Bertz CT molecular complexity index is 174. The van der Waals surface area contributed by atoms with Crippen LogP contribution in [0.15, 0.2) is 0 Å². The lowest BCUT2D eigenvalue weighted by Gasteiger charge is -2.23. The fraction of sp³-hybridized carbons (Fsp3) is 0.909. The molecule has 1 fully saturated rings. The molecule has 1 amide bonds. The first-order chi connectivity index (χ1) is 6.68. The number of hydrogen-bond acceptors (Lipinski definition) is 2. The van der Waals surface area contributed by atoms with Crippen molar-refractivity contribution in [2.45, 2.75) is 45.6 Å². The van der Waals surface area contributed by atoms with Crippen LogP contribution in [0.2, 0.25) is 0 Å². The van der Waals surface area contributed by atoms with E-state index in [9.17, 15) is 4.79 Å². The highest BCUT2D eigenvalue weighted by Crippen LogP contribution is 2.05. The van der Waals surface area contributed by atoms with Gasteiger partial charge >= 0.3 is 0 Å². The number of carbonyl (C=O) groups excluding carboxylic acids is 1. The second kappa shape index (κ2) is 6.02. The molecule has 0 aliphatic carbocycles. The van der Waals surface area contributed by atoms with Gasteiger partial charge in [-0.05, 0) is 31.7 Å². The zero-order valence-electron chi connectivity index (χ0n) is 9.31. The smallest absolute Gasteiger partial charge is 0.220 e. The molecule has 1 aliphatic rings. The zero-order valence-corrected chi connectivity index (χ0v) is 9.31. The highest BCUT2D eigenvalue weighted by atomic mass is 16.1. The van der Waals surface area contributed by atoms with Crippen LogP contribution < -0.4 is 10.6 Å². The Morgan fingerprint density at radius 2 is 2.36 bits per heavy atom. The van der Waals surface area contributed by atoms with Crippen LogP contribution in [0, 0.1) is 5.92 Å². The van der Waals surface area contributed by atoms with E-state index in [-0.39, 0.29) is 5.91 Å². The minimum Gasteiger partial charge on any atom is -0.352 e. The monoisotopic (exact) mass is 198 g/mol. The summed E-state index contributed by atoms with van der Waals surface area (Å²) in [4.78, 5) is 11.5. The Hall–Kier alpha value is -0.570. The topological polar surface area (TPSA) is 41.1 Å².